The van der Waals surface area contributed by atoms with E-state index < -0.39 is 0 Å². The van der Waals surface area contributed by atoms with E-state index in [4.69, 9.17) is 4.74 Å². The summed E-state index contributed by atoms with van der Waals surface area (Å²) in [5.41, 5.74) is 2.37. The molecule has 0 unspecified atom stereocenters. The first-order valence-electron chi connectivity index (χ1n) is 9.52. The van der Waals surface area contributed by atoms with Gasteiger partial charge in [-0.2, -0.15) is 0 Å². The largest absolute Gasteiger partial charge is 0.439 e. The molecule has 1 aromatic carbocycles. The van der Waals surface area contributed by atoms with Crippen molar-refractivity contribution in [2.24, 2.45) is 0 Å². The Balaban J connectivity index is 1.58. The number of aryl methyl sites for hydroxylation is 1. The standard InChI is InChI=1S/C22H17N5O3S/c1-12-14(8-9-16(25-12)30-13-6-4-3-5-7-13)27-15-10-11-24-21-17(15)18(26-22(27)29)19(31-21)20(28)23-2/h3-11H,1-2H3,(H,23,28)(H,26,29). The highest BCUT2D eigenvalue weighted by atomic mass is 32.1. The molecule has 0 saturated carbocycles. The maximum absolute atomic E-state index is 13.1. The average Bonchev–Trinajstić information content (AvgIpc) is 3.14. The number of amides is 3. The molecular formula is C22H17N5O3S. The minimum atomic E-state index is -0.370. The van der Waals surface area contributed by atoms with E-state index in [0.29, 0.717) is 44.1 Å². The summed E-state index contributed by atoms with van der Waals surface area (Å²) in [6.45, 7) is 1.82. The molecule has 0 atom stereocenters. The molecule has 3 amide bonds. The second-order valence-electron chi connectivity index (χ2n) is 6.83. The second-order valence-corrected chi connectivity index (χ2v) is 7.83. The number of aromatic nitrogens is 2. The first-order chi connectivity index (χ1) is 15.1. The zero-order valence-electron chi connectivity index (χ0n) is 16.7. The van der Waals surface area contributed by atoms with Crippen molar-refractivity contribution in [1.82, 2.24) is 15.3 Å². The number of carbonyl (C=O) groups is 2. The predicted octanol–water partition coefficient (Wildman–Crippen LogP) is 4.84. The maximum Gasteiger partial charge on any atom is 0.331 e. The van der Waals surface area contributed by atoms with Crippen molar-refractivity contribution in [3.8, 4) is 11.6 Å². The number of hydrogen-bond acceptors (Lipinski definition) is 6. The van der Waals surface area contributed by atoms with Gasteiger partial charge in [-0.25, -0.2) is 14.8 Å². The molecule has 0 bridgehead atoms. The smallest absolute Gasteiger partial charge is 0.331 e. The molecule has 0 saturated heterocycles. The van der Waals surface area contributed by atoms with Gasteiger partial charge in [0.25, 0.3) is 5.91 Å². The molecule has 0 aliphatic carbocycles. The normalized spacial score (nSPS) is 12.6. The van der Waals surface area contributed by atoms with Gasteiger partial charge in [0, 0.05) is 19.3 Å². The minimum Gasteiger partial charge on any atom is -0.439 e. The SMILES string of the molecule is CNC(=O)c1sc2nccc3c2c1NC(=O)N3c1ccc(Oc2ccccc2)nc1C. The molecule has 9 heteroatoms. The Kier molecular flexibility index (Phi) is 4.52. The van der Waals surface area contributed by atoms with Crippen molar-refractivity contribution >= 4 is 50.6 Å². The van der Waals surface area contributed by atoms with Crippen LogP contribution in [-0.4, -0.2) is 29.0 Å². The quantitative estimate of drug-likeness (QED) is 0.482. The van der Waals surface area contributed by atoms with Gasteiger partial charge in [0.15, 0.2) is 0 Å². The molecule has 3 aromatic heterocycles. The molecule has 1 aliphatic rings. The maximum atomic E-state index is 13.1. The molecule has 5 rings (SSSR count). The van der Waals surface area contributed by atoms with E-state index in [-0.39, 0.29) is 11.9 Å². The number of thiophene rings is 1. The topological polar surface area (TPSA) is 96.5 Å². The molecule has 1 aliphatic heterocycles. The van der Waals surface area contributed by atoms with Crippen LogP contribution in [0.3, 0.4) is 0 Å². The molecular weight excluding hydrogens is 414 g/mol. The number of para-hydroxylation sites is 1. The first-order valence-corrected chi connectivity index (χ1v) is 10.3. The fourth-order valence-corrected chi connectivity index (χ4v) is 4.60. The Hall–Kier alpha value is -3.98. The van der Waals surface area contributed by atoms with Crippen LogP contribution >= 0.6 is 11.3 Å². The summed E-state index contributed by atoms with van der Waals surface area (Å²) in [4.78, 5) is 36.9. The van der Waals surface area contributed by atoms with Crippen LogP contribution in [0.25, 0.3) is 10.2 Å². The second kappa shape index (κ2) is 7.37. The Bertz CT molecular complexity index is 1340. The lowest BCUT2D eigenvalue weighted by Crippen LogP contribution is -2.35. The van der Waals surface area contributed by atoms with Crippen LogP contribution in [0.2, 0.25) is 0 Å². The fraction of sp³-hybridized carbons (Fsp3) is 0.0909. The number of nitrogens with zero attached hydrogens (tertiary/aromatic N) is 3. The lowest BCUT2D eigenvalue weighted by Gasteiger charge is -2.29. The van der Waals surface area contributed by atoms with Gasteiger partial charge in [-0.15, -0.1) is 11.3 Å². The zero-order valence-corrected chi connectivity index (χ0v) is 17.5. The summed E-state index contributed by atoms with van der Waals surface area (Å²) < 4.78 is 5.80. The lowest BCUT2D eigenvalue weighted by atomic mass is 10.1. The number of anilines is 3. The molecule has 0 fully saturated rings. The monoisotopic (exact) mass is 431 g/mol. The summed E-state index contributed by atoms with van der Waals surface area (Å²) in [5, 5.41) is 6.20. The Morgan fingerprint density at radius 3 is 2.68 bits per heavy atom. The number of nitrogens with one attached hydrogen (secondary N) is 2. The predicted molar refractivity (Wildman–Crippen MR) is 120 cm³/mol. The third-order valence-electron chi connectivity index (χ3n) is 4.92. The highest BCUT2D eigenvalue weighted by Crippen LogP contribution is 2.46. The van der Waals surface area contributed by atoms with Gasteiger partial charge >= 0.3 is 6.03 Å². The van der Waals surface area contributed by atoms with Crippen molar-refractivity contribution in [2.45, 2.75) is 6.92 Å². The molecule has 8 nitrogen and oxygen atoms in total. The molecule has 154 valence electrons. The van der Waals surface area contributed by atoms with E-state index in [1.54, 1.807) is 36.3 Å². The van der Waals surface area contributed by atoms with Gasteiger partial charge in [-0.1, -0.05) is 18.2 Å². The summed E-state index contributed by atoms with van der Waals surface area (Å²) in [6.07, 6.45) is 1.63. The van der Waals surface area contributed by atoms with Crippen LogP contribution in [0, 0.1) is 6.92 Å². The van der Waals surface area contributed by atoms with Gasteiger partial charge in [0.05, 0.1) is 28.1 Å². The van der Waals surface area contributed by atoms with Crippen molar-refractivity contribution < 1.29 is 14.3 Å². The minimum absolute atomic E-state index is 0.266. The lowest BCUT2D eigenvalue weighted by molar-refractivity contribution is 0.0968. The van der Waals surface area contributed by atoms with Gasteiger partial charge < -0.3 is 15.4 Å². The average molecular weight is 431 g/mol. The van der Waals surface area contributed by atoms with Crippen LogP contribution in [0.4, 0.5) is 21.9 Å². The number of carbonyl (C=O) groups excluding carboxylic acids is 2. The number of benzene rings is 1. The van der Waals surface area contributed by atoms with Crippen LogP contribution < -0.4 is 20.3 Å². The number of pyridine rings is 2. The Morgan fingerprint density at radius 1 is 1.13 bits per heavy atom. The Morgan fingerprint density at radius 2 is 1.94 bits per heavy atom. The van der Waals surface area contributed by atoms with Crippen molar-refractivity contribution in [1.29, 1.82) is 0 Å². The number of ether oxygens (including phenoxy) is 1. The molecule has 0 radical (unpaired) electrons. The number of urea groups is 1. The molecule has 4 aromatic rings. The first kappa shape index (κ1) is 19.0. The third kappa shape index (κ3) is 3.15. The Labute approximate surface area is 181 Å². The summed E-state index contributed by atoms with van der Waals surface area (Å²) in [5.74, 6) is 0.846. The van der Waals surface area contributed by atoms with Crippen LogP contribution in [0.15, 0.2) is 54.7 Å². The van der Waals surface area contributed by atoms with Gasteiger partial charge in [0.2, 0.25) is 5.88 Å². The van der Waals surface area contributed by atoms with Crippen molar-refractivity contribution in [3.05, 3.63) is 65.3 Å². The highest BCUT2D eigenvalue weighted by molar-refractivity contribution is 7.21. The third-order valence-corrected chi connectivity index (χ3v) is 6.01. The van der Waals surface area contributed by atoms with E-state index in [2.05, 4.69) is 20.6 Å². The van der Waals surface area contributed by atoms with E-state index in [9.17, 15) is 9.59 Å². The summed E-state index contributed by atoms with van der Waals surface area (Å²) in [7, 11) is 1.55. The summed E-state index contributed by atoms with van der Waals surface area (Å²) in [6, 6.07) is 14.3. The van der Waals surface area contributed by atoms with Crippen molar-refractivity contribution in [3.63, 3.8) is 0 Å². The number of rotatable bonds is 4. The molecule has 31 heavy (non-hydrogen) atoms. The molecule has 0 spiro atoms. The zero-order chi connectivity index (χ0) is 21.5. The van der Waals surface area contributed by atoms with Gasteiger partial charge in [-0.3, -0.25) is 9.69 Å². The van der Waals surface area contributed by atoms with Crippen LogP contribution in [0.5, 0.6) is 11.6 Å². The van der Waals surface area contributed by atoms with E-state index in [0.717, 1.165) is 5.39 Å². The van der Waals surface area contributed by atoms with Crippen molar-refractivity contribution in [2.75, 3.05) is 17.3 Å². The highest BCUT2D eigenvalue weighted by Gasteiger charge is 2.33. The number of hydrogen-bond donors (Lipinski definition) is 2. The molecule has 2 N–H and O–H groups in total. The van der Waals surface area contributed by atoms with E-state index >= 15 is 0 Å². The van der Waals surface area contributed by atoms with E-state index in [1.807, 2.05) is 37.3 Å². The fourth-order valence-electron chi connectivity index (χ4n) is 3.53. The van der Waals surface area contributed by atoms with Crippen LogP contribution in [-0.2, 0) is 0 Å². The van der Waals surface area contributed by atoms with Gasteiger partial charge in [-0.05, 0) is 31.2 Å². The summed E-state index contributed by atoms with van der Waals surface area (Å²) >= 11 is 1.24. The molecule has 4 heterocycles. The van der Waals surface area contributed by atoms with Crippen LogP contribution in [0.1, 0.15) is 15.4 Å². The van der Waals surface area contributed by atoms with Gasteiger partial charge in [0.1, 0.15) is 15.5 Å². The van der Waals surface area contributed by atoms with E-state index in [1.165, 1.54) is 11.3 Å².